The highest BCUT2D eigenvalue weighted by molar-refractivity contribution is 9.10. The van der Waals surface area contributed by atoms with Crippen molar-refractivity contribution in [3.8, 4) is 11.3 Å². The normalized spacial score (nSPS) is 10.5. The molecule has 0 aliphatic carbocycles. The van der Waals surface area contributed by atoms with E-state index in [1.165, 1.54) is 0 Å². The second kappa shape index (κ2) is 7.15. The van der Waals surface area contributed by atoms with E-state index in [1.54, 1.807) is 12.1 Å². The molecule has 23 heavy (non-hydrogen) atoms. The smallest absolute Gasteiger partial charge is 0.251 e. The van der Waals surface area contributed by atoms with E-state index in [-0.39, 0.29) is 5.91 Å². The van der Waals surface area contributed by atoms with E-state index >= 15 is 0 Å². The van der Waals surface area contributed by atoms with Crippen molar-refractivity contribution in [2.75, 3.05) is 0 Å². The maximum absolute atomic E-state index is 12.1. The fourth-order valence-corrected chi connectivity index (χ4v) is 2.80. The summed E-state index contributed by atoms with van der Waals surface area (Å²) in [4.78, 5) is 12.1. The minimum absolute atomic E-state index is 0.132. The van der Waals surface area contributed by atoms with Crippen molar-refractivity contribution in [2.45, 2.75) is 6.54 Å². The van der Waals surface area contributed by atoms with Crippen LogP contribution in [0.1, 0.15) is 16.1 Å². The number of carbonyl (C=O) groups is 1. The molecule has 1 heterocycles. The summed E-state index contributed by atoms with van der Waals surface area (Å²) >= 11 is 6.77. The van der Waals surface area contributed by atoms with Gasteiger partial charge in [0.2, 0.25) is 0 Å². The third-order valence-corrected chi connectivity index (χ3v) is 4.32. The van der Waals surface area contributed by atoms with Crippen LogP contribution in [-0.2, 0) is 6.54 Å². The molecule has 0 aliphatic rings. The van der Waals surface area contributed by atoms with Crippen LogP contribution in [0, 0.1) is 0 Å². The summed E-state index contributed by atoms with van der Waals surface area (Å²) in [5.74, 6) is 1.36. The predicted molar refractivity (Wildman–Crippen MR) is 97.2 cm³/mol. The minimum atomic E-state index is -0.132. The van der Waals surface area contributed by atoms with Gasteiger partial charge in [0.1, 0.15) is 11.5 Å². The fraction of sp³-hybridized carbons (Fsp3) is 0.0556. The van der Waals surface area contributed by atoms with Gasteiger partial charge in [0, 0.05) is 20.1 Å². The van der Waals surface area contributed by atoms with Crippen LogP contribution < -0.4 is 5.32 Å². The molecule has 0 radical (unpaired) electrons. The van der Waals surface area contributed by atoms with E-state index in [0.717, 1.165) is 20.3 Å². The molecule has 0 unspecified atom stereocenters. The van der Waals surface area contributed by atoms with Gasteiger partial charge in [-0.1, -0.05) is 50.1 Å². The van der Waals surface area contributed by atoms with E-state index in [1.807, 2.05) is 48.5 Å². The first kappa shape index (κ1) is 16.0. The molecule has 0 atom stereocenters. The van der Waals surface area contributed by atoms with E-state index in [2.05, 4.69) is 37.2 Å². The Hall–Kier alpha value is -1.85. The van der Waals surface area contributed by atoms with E-state index in [4.69, 9.17) is 4.42 Å². The molecule has 0 saturated heterocycles. The maximum atomic E-state index is 12.1. The minimum Gasteiger partial charge on any atom is -0.459 e. The number of halogens is 2. The number of benzene rings is 2. The zero-order valence-electron chi connectivity index (χ0n) is 12.1. The summed E-state index contributed by atoms with van der Waals surface area (Å²) in [6, 6.07) is 18.9. The Balaban J connectivity index is 1.65. The quantitative estimate of drug-likeness (QED) is 0.597. The Kier molecular flexibility index (Phi) is 4.98. The molecular weight excluding hydrogens is 422 g/mol. The van der Waals surface area contributed by atoms with Crippen LogP contribution in [0.15, 0.2) is 74.0 Å². The Morgan fingerprint density at radius 3 is 2.48 bits per heavy atom. The van der Waals surface area contributed by atoms with Gasteiger partial charge in [-0.25, -0.2) is 0 Å². The van der Waals surface area contributed by atoms with Crippen molar-refractivity contribution in [1.29, 1.82) is 0 Å². The monoisotopic (exact) mass is 433 g/mol. The molecule has 0 aliphatic heterocycles. The van der Waals surface area contributed by atoms with Gasteiger partial charge >= 0.3 is 0 Å². The maximum Gasteiger partial charge on any atom is 0.251 e. The lowest BCUT2D eigenvalue weighted by Gasteiger charge is -2.04. The topological polar surface area (TPSA) is 42.2 Å². The molecule has 3 nitrogen and oxygen atoms in total. The standard InChI is InChI=1S/C18H13Br2NO2/c19-14-6-4-12(5-7-14)17-9-8-16(23-17)11-21-18(22)13-2-1-3-15(20)10-13/h1-10H,11H2,(H,21,22). The number of hydrogen-bond acceptors (Lipinski definition) is 2. The molecule has 1 amide bonds. The van der Waals surface area contributed by atoms with Crippen molar-refractivity contribution in [2.24, 2.45) is 0 Å². The molecular formula is C18H13Br2NO2. The van der Waals surface area contributed by atoms with Crippen molar-refractivity contribution in [3.05, 3.63) is 80.9 Å². The van der Waals surface area contributed by atoms with Gasteiger partial charge in [-0.15, -0.1) is 0 Å². The first-order valence-electron chi connectivity index (χ1n) is 7.00. The molecule has 0 spiro atoms. The molecule has 1 N–H and O–H groups in total. The van der Waals surface area contributed by atoms with Gasteiger partial charge in [0.25, 0.3) is 5.91 Å². The molecule has 116 valence electrons. The number of amides is 1. The molecule has 3 rings (SSSR count). The van der Waals surface area contributed by atoms with Crippen LogP contribution in [0.25, 0.3) is 11.3 Å². The summed E-state index contributed by atoms with van der Waals surface area (Å²) < 4.78 is 7.68. The highest BCUT2D eigenvalue weighted by Gasteiger charge is 2.08. The lowest BCUT2D eigenvalue weighted by atomic mass is 10.2. The summed E-state index contributed by atoms with van der Waals surface area (Å²) in [5.41, 5.74) is 1.61. The molecule has 5 heteroatoms. The number of furan rings is 1. The highest BCUT2D eigenvalue weighted by Crippen LogP contribution is 2.24. The van der Waals surface area contributed by atoms with Crippen molar-refractivity contribution >= 4 is 37.8 Å². The van der Waals surface area contributed by atoms with Crippen LogP contribution in [0.5, 0.6) is 0 Å². The van der Waals surface area contributed by atoms with Crippen LogP contribution in [0.2, 0.25) is 0 Å². The van der Waals surface area contributed by atoms with Crippen LogP contribution in [0.3, 0.4) is 0 Å². The second-order valence-corrected chi connectivity index (χ2v) is 6.80. The van der Waals surface area contributed by atoms with Gasteiger partial charge in [-0.3, -0.25) is 4.79 Å². The molecule has 0 bridgehead atoms. The van der Waals surface area contributed by atoms with E-state index in [0.29, 0.717) is 17.9 Å². The van der Waals surface area contributed by atoms with Gasteiger partial charge in [-0.05, 0) is 42.5 Å². The summed E-state index contributed by atoms with van der Waals surface area (Å²) in [6.07, 6.45) is 0. The van der Waals surface area contributed by atoms with E-state index in [9.17, 15) is 4.79 Å². The Morgan fingerprint density at radius 1 is 0.957 bits per heavy atom. The summed E-state index contributed by atoms with van der Waals surface area (Å²) in [7, 11) is 0. The number of rotatable bonds is 4. The van der Waals surface area contributed by atoms with Gasteiger partial charge in [0.15, 0.2) is 0 Å². The number of carbonyl (C=O) groups excluding carboxylic acids is 1. The third kappa shape index (κ3) is 4.12. The van der Waals surface area contributed by atoms with Gasteiger partial charge in [0.05, 0.1) is 6.54 Å². The predicted octanol–water partition coefficient (Wildman–Crippen LogP) is 5.40. The van der Waals surface area contributed by atoms with E-state index < -0.39 is 0 Å². The molecule has 1 aromatic heterocycles. The zero-order valence-corrected chi connectivity index (χ0v) is 15.2. The van der Waals surface area contributed by atoms with Crippen molar-refractivity contribution in [3.63, 3.8) is 0 Å². The average Bonchev–Trinajstić information content (AvgIpc) is 3.02. The van der Waals surface area contributed by atoms with Crippen LogP contribution in [-0.4, -0.2) is 5.91 Å². The lowest BCUT2D eigenvalue weighted by molar-refractivity contribution is 0.0948. The molecule has 0 fully saturated rings. The van der Waals surface area contributed by atoms with Crippen LogP contribution in [0.4, 0.5) is 0 Å². The lowest BCUT2D eigenvalue weighted by Crippen LogP contribution is -2.22. The largest absolute Gasteiger partial charge is 0.459 e. The van der Waals surface area contributed by atoms with Gasteiger partial charge < -0.3 is 9.73 Å². The summed E-state index contributed by atoms with van der Waals surface area (Å²) in [6.45, 7) is 0.349. The first-order chi connectivity index (χ1) is 11.1. The zero-order chi connectivity index (χ0) is 16.2. The molecule has 3 aromatic rings. The Bertz CT molecular complexity index is 825. The SMILES string of the molecule is O=C(NCc1ccc(-c2ccc(Br)cc2)o1)c1cccc(Br)c1. The Morgan fingerprint density at radius 2 is 1.74 bits per heavy atom. The number of hydrogen-bond donors (Lipinski definition) is 1. The first-order valence-corrected chi connectivity index (χ1v) is 8.59. The van der Waals surface area contributed by atoms with Gasteiger partial charge in [-0.2, -0.15) is 0 Å². The number of nitrogens with one attached hydrogen (secondary N) is 1. The average molecular weight is 435 g/mol. The molecule has 0 saturated carbocycles. The highest BCUT2D eigenvalue weighted by atomic mass is 79.9. The fourth-order valence-electron chi connectivity index (χ4n) is 2.14. The third-order valence-electron chi connectivity index (χ3n) is 3.30. The molecule has 2 aromatic carbocycles. The van der Waals surface area contributed by atoms with Crippen molar-refractivity contribution < 1.29 is 9.21 Å². The van der Waals surface area contributed by atoms with Crippen LogP contribution >= 0.6 is 31.9 Å². The Labute approximate surface area is 151 Å². The summed E-state index contributed by atoms with van der Waals surface area (Å²) in [5, 5.41) is 2.86. The second-order valence-electron chi connectivity index (χ2n) is 4.97. The van der Waals surface area contributed by atoms with Crippen molar-refractivity contribution in [1.82, 2.24) is 5.32 Å².